The second-order valence-corrected chi connectivity index (χ2v) is 5.65. The molecule has 3 aromatic rings. The van der Waals surface area contributed by atoms with Gasteiger partial charge in [-0.15, -0.1) is 5.10 Å². The summed E-state index contributed by atoms with van der Waals surface area (Å²) < 4.78 is 1.44. The molecule has 1 aromatic heterocycles. The molecule has 0 atom stereocenters. The van der Waals surface area contributed by atoms with Gasteiger partial charge in [0.2, 0.25) is 11.6 Å². The Kier molecular flexibility index (Phi) is 3.09. The van der Waals surface area contributed by atoms with Gasteiger partial charge in [0.25, 0.3) is 0 Å². The lowest BCUT2D eigenvalue weighted by Gasteiger charge is -2.14. The van der Waals surface area contributed by atoms with Crippen molar-refractivity contribution in [2.75, 3.05) is 0 Å². The third-order valence-corrected chi connectivity index (χ3v) is 4.23. The molecule has 0 bridgehead atoms. The molecule has 1 aliphatic carbocycles. The van der Waals surface area contributed by atoms with E-state index in [0.29, 0.717) is 16.1 Å². The Morgan fingerprint density at radius 3 is 2.30 bits per heavy atom. The van der Waals surface area contributed by atoms with E-state index in [1.165, 1.54) is 4.68 Å². The first-order valence-electron chi connectivity index (χ1n) is 7.02. The predicted molar refractivity (Wildman–Crippen MR) is 83.9 cm³/mol. The maximum absolute atomic E-state index is 12.7. The molecule has 5 nitrogen and oxygen atoms in total. The number of carbonyl (C=O) groups is 2. The molecule has 0 saturated carbocycles. The van der Waals surface area contributed by atoms with Crippen molar-refractivity contribution in [3.63, 3.8) is 0 Å². The first-order chi connectivity index (χ1) is 11.2. The Labute approximate surface area is 136 Å². The Hall–Kier alpha value is -2.79. The second-order valence-electron chi connectivity index (χ2n) is 5.24. The molecule has 0 radical (unpaired) electrons. The van der Waals surface area contributed by atoms with Crippen LogP contribution in [0.4, 0.5) is 0 Å². The summed E-state index contributed by atoms with van der Waals surface area (Å²) in [5.41, 5.74) is 1.87. The minimum absolute atomic E-state index is 0.0979. The number of rotatable bonds is 2. The topological polar surface area (TPSA) is 64.8 Å². The van der Waals surface area contributed by atoms with Gasteiger partial charge in [0.05, 0.1) is 6.54 Å². The van der Waals surface area contributed by atoms with Gasteiger partial charge in [-0.1, -0.05) is 59.3 Å². The Bertz CT molecular complexity index is 962. The number of benzene rings is 2. The van der Waals surface area contributed by atoms with E-state index in [1.54, 1.807) is 30.3 Å². The average Bonchev–Trinajstić information content (AvgIpc) is 2.99. The largest absolute Gasteiger partial charge is 0.287 e. The molecule has 1 aliphatic rings. The standard InChI is InChI=1S/C17H10ClN3O2/c18-13-8-4-1-5-10(13)9-21-15-14(19-20-21)16(22)11-6-2-3-7-12(11)17(15)23/h1-8H,9H2. The third kappa shape index (κ3) is 2.09. The van der Waals surface area contributed by atoms with E-state index in [1.807, 2.05) is 18.2 Å². The molecule has 0 saturated heterocycles. The first-order valence-corrected chi connectivity index (χ1v) is 7.40. The van der Waals surface area contributed by atoms with Crippen molar-refractivity contribution in [3.8, 4) is 0 Å². The molecule has 0 unspecified atom stereocenters. The van der Waals surface area contributed by atoms with Gasteiger partial charge in [-0.25, -0.2) is 4.68 Å². The van der Waals surface area contributed by atoms with Crippen molar-refractivity contribution in [2.24, 2.45) is 0 Å². The molecule has 0 spiro atoms. The van der Waals surface area contributed by atoms with Gasteiger partial charge in [0.15, 0.2) is 5.69 Å². The fourth-order valence-corrected chi connectivity index (χ4v) is 2.92. The highest BCUT2D eigenvalue weighted by Gasteiger charge is 2.34. The molecule has 4 rings (SSSR count). The van der Waals surface area contributed by atoms with E-state index < -0.39 is 0 Å². The number of fused-ring (bicyclic) bond motifs is 2. The number of hydrogen-bond acceptors (Lipinski definition) is 4. The summed E-state index contributed by atoms with van der Waals surface area (Å²) in [7, 11) is 0. The number of nitrogens with zero attached hydrogens (tertiary/aromatic N) is 3. The monoisotopic (exact) mass is 323 g/mol. The van der Waals surface area contributed by atoms with Crippen LogP contribution in [0.2, 0.25) is 5.02 Å². The Balaban J connectivity index is 1.83. The van der Waals surface area contributed by atoms with Crippen LogP contribution in [0.25, 0.3) is 0 Å². The molecule has 6 heteroatoms. The van der Waals surface area contributed by atoms with Crippen molar-refractivity contribution < 1.29 is 9.59 Å². The van der Waals surface area contributed by atoms with Gasteiger partial charge in [0.1, 0.15) is 5.69 Å². The highest BCUT2D eigenvalue weighted by atomic mass is 35.5. The van der Waals surface area contributed by atoms with Gasteiger partial charge in [-0.3, -0.25) is 9.59 Å². The average molecular weight is 324 g/mol. The van der Waals surface area contributed by atoms with E-state index in [4.69, 9.17) is 11.6 Å². The molecular weight excluding hydrogens is 314 g/mol. The highest BCUT2D eigenvalue weighted by Crippen LogP contribution is 2.26. The molecule has 23 heavy (non-hydrogen) atoms. The van der Waals surface area contributed by atoms with E-state index in [0.717, 1.165) is 5.56 Å². The third-order valence-electron chi connectivity index (χ3n) is 3.86. The molecule has 0 aliphatic heterocycles. The Morgan fingerprint density at radius 2 is 1.57 bits per heavy atom. The van der Waals surface area contributed by atoms with Gasteiger partial charge < -0.3 is 0 Å². The molecule has 112 valence electrons. The van der Waals surface area contributed by atoms with Crippen LogP contribution in [0.15, 0.2) is 48.5 Å². The summed E-state index contributed by atoms with van der Waals surface area (Å²) in [5, 5.41) is 8.47. The van der Waals surface area contributed by atoms with Crippen LogP contribution >= 0.6 is 11.6 Å². The van der Waals surface area contributed by atoms with Crippen LogP contribution in [0.3, 0.4) is 0 Å². The highest BCUT2D eigenvalue weighted by molar-refractivity contribution is 6.31. The molecule has 1 heterocycles. The van der Waals surface area contributed by atoms with Crippen LogP contribution in [0.1, 0.15) is 37.7 Å². The maximum Gasteiger partial charge on any atom is 0.216 e. The fourth-order valence-electron chi connectivity index (χ4n) is 2.72. The van der Waals surface area contributed by atoms with Crippen LogP contribution in [0.5, 0.6) is 0 Å². The van der Waals surface area contributed by atoms with Gasteiger partial charge >= 0.3 is 0 Å². The minimum Gasteiger partial charge on any atom is -0.287 e. The maximum atomic E-state index is 12.7. The number of halogens is 1. The van der Waals surface area contributed by atoms with E-state index in [9.17, 15) is 9.59 Å². The molecule has 0 amide bonds. The lowest BCUT2D eigenvalue weighted by atomic mass is 9.90. The van der Waals surface area contributed by atoms with Crippen molar-refractivity contribution >= 4 is 23.2 Å². The summed E-state index contributed by atoms with van der Waals surface area (Å²) in [4.78, 5) is 25.2. The smallest absolute Gasteiger partial charge is 0.216 e. The molecule has 0 fully saturated rings. The Morgan fingerprint density at radius 1 is 0.913 bits per heavy atom. The number of ketones is 2. The quantitative estimate of drug-likeness (QED) is 0.569. The van der Waals surface area contributed by atoms with E-state index >= 15 is 0 Å². The zero-order chi connectivity index (χ0) is 16.0. The van der Waals surface area contributed by atoms with Crippen LogP contribution in [-0.2, 0) is 6.54 Å². The fraction of sp³-hybridized carbons (Fsp3) is 0.0588. The summed E-state index contributed by atoms with van der Waals surface area (Å²) in [6.07, 6.45) is 0. The van der Waals surface area contributed by atoms with Crippen LogP contribution < -0.4 is 0 Å². The first kappa shape index (κ1) is 13.8. The summed E-state index contributed by atoms with van der Waals surface area (Å²) in [6.45, 7) is 0.281. The van der Waals surface area contributed by atoms with E-state index in [-0.39, 0.29) is 29.5 Å². The lowest BCUT2D eigenvalue weighted by molar-refractivity contribution is 0.0971. The van der Waals surface area contributed by atoms with Crippen LogP contribution in [0, 0.1) is 0 Å². The predicted octanol–water partition coefficient (Wildman–Crippen LogP) is 2.76. The van der Waals surface area contributed by atoms with Crippen LogP contribution in [-0.4, -0.2) is 26.6 Å². The van der Waals surface area contributed by atoms with Crippen molar-refractivity contribution in [3.05, 3.63) is 81.6 Å². The molecule has 2 aromatic carbocycles. The molecule has 0 N–H and O–H groups in total. The number of aromatic nitrogens is 3. The second kappa shape index (κ2) is 5.14. The zero-order valence-corrected chi connectivity index (χ0v) is 12.6. The summed E-state index contributed by atoms with van der Waals surface area (Å²) >= 11 is 6.16. The SMILES string of the molecule is O=C1c2ccccc2C(=O)c2c1nnn2Cc1ccccc1Cl. The minimum atomic E-state index is -0.277. The number of hydrogen-bond donors (Lipinski definition) is 0. The lowest BCUT2D eigenvalue weighted by Crippen LogP contribution is -2.23. The summed E-state index contributed by atoms with van der Waals surface area (Å²) in [5.74, 6) is -0.520. The van der Waals surface area contributed by atoms with Crippen molar-refractivity contribution in [1.82, 2.24) is 15.0 Å². The molecular formula is C17H10ClN3O2. The van der Waals surface area contributed by atoms with Crippen molar-refractivity contribution in [1.29, 1.82) is 0 Å². The number of carbonyl (C=O) groups excluding carboxylic acids is 2. The van der Waals surface area contributed by atoms with Gasteiger partial charge in [-0.05, 0) is 11.6 Å². The van der Waals surface area contributed by atoms with Gasteiger partial charge in [-0.2, -0.15) is 0 Å². The van der Waals surface area contributed by atoms with E-state index in [2.05, 4.69) is 10.3 Å². The van der Waals surface area contributed by atoms with Gasteiger partial charge in [0, 0.05) is 16.1 Å². The zero-order valence-electron chi connectivity index (χ0n) is 11.9. The normalized spacial score (nSPS) is 12.9. The van der Waals surface area contributed by atoms with Crippen molar-refractivity contribution in [2.45, 2.75) is 6.54 Å². The summed E-state index contributed by atoms with van der Waals surface area (Å²) in [6, 6.07) is 14.0.